The average Bonchev–Trinajstić information content (AvgIpc) is 2.35. The van der Waals surface area contributed by atoms with Crippen molar-refractivity contribution in [2.75, 3.05) is 12.3 Å². The number of nitrogen functional groups attached to an aromatic ring is 1. The van der Waals surface area contributed by atoms with E-state index in [1.165, 1.54) is 0 Å². The van der Waals surface area contributed by atoms with Gasteiger partial charge in [-0.25, -0.2) is 0 Å². The summed E-state index contributed by atoms with van der Waals surface area (Å²) < 4.78 is 11.0. The summed E-state index contributed by atoms with van der Waals surface area (Å²) in [6.07, 6.45) is 0. The van der Waals surface area contributed by atoms with Gasteiger partial charge in [-0.05, 0) is 25.1 Å². The molecular formula is C12H13N3O2. The molecule has 88 valence electrons. The van der Waals surface area contributed by atoms with E-state index in [2.05, 4.69) is 10.2 Å². The maximum absolute atomic E-state index is 5.56. The van der Waals surface area contributed by atoms with Crippen LogP contribution >= 0.6 is 0 Å². The van der Waals surface area contributed by atoms with E-state index in [0.717, 1.165) is 0 Å². The highest BCUT2D eigenvalue weighted by Crippen LogP contribution is 2.30. The largest absolute Gasteiger partial charge is 0.490 e. The van der Waals surface area contributed by atoms with Crippen molar-refractivity contribution in [3.63, 3.8) is 0 Å². The first kappa shape index (κ1) is 11.2. The van der Waals surface area contributed by atoms with E-state index in [4.69, 9.17) is 15.2 Å². The summed E-state index contributed by atoms with van der Waals surface area (Å²) in [6, 6.07) is 10.7. The molecule has 0 fully saturated rings. The van der Waals surface area contributed by atoms with E-state index in [1.54, 1.807) is 12.1 Å². The van der Waals surface area contributed by atoms with Crippen LogP contribution in [0.1, 0.15) is 6.92 Å². The van der Waals surface area contributed by atoms with Gasteiger partial charge in [0.15, 0.2) is 11.5 Å². The van der Waals surface area contributed by atoms with Crippen LogP contribution in [-0.4, -0.2) is 16.8 Å². The maximum Gasteiger partial charge on any atom is 0.239 e. The third-order valence-electron chi connectivity index (χ3n) is 2.02. The van der Waals surface area contributed by atoms with Crippen molar-refractivity contribution in [3.8, 4) is 17.4 Å². The third kappa shape index (κ3) is 2.84. The van der Waals surface area contributed by atoms with Crippen molar-refractivity contribution < 1.29 is 9.47 Å². The Labute approximate surface area is 99.2 Å². The Hall–Kier alpha value is -2.30. The van der Waals surface area contributed by atoms with Crippen LogP contribution in [0.4, 0.5) is 5.82 Å². The fourth-order valence-corrected chi connectivity index (χ4v) is 1.31. The van der Waals surface area contributed by atoms with Gasteiger partial charge in [0, 0.05) is 6.07 Å². The highest BCUT2D eigenvalue weighted by molar-refractivity contribution is 5.41. The van der Waals surface area contributed by atoms with Crippen LogP contribution in [0.3, 0.4) is 0 Å². The Morgan fingerprint density at radius 3 is 2.47 bits per heavy atom. The Morgan fingerprint density at radius 1 is 1.06 bits per heavy atom. The lowest BCUT2D eigenvalue weighted by Gasteiger charge is -2.09. The van der Waals surface area contributed by atoms with Gasteiger partial charge in [-0.2, -0.15) is 0 Å². The van der Waals surface area contributed by atoms with E-state index in [9.17, 15) is 0 Å². The topological polar surface area (TPSA) is 70.3 Å². The van der Waals surface area contributed by atoms with Gasteiger partial charge < -0.3 is 15.2 Å². The molecular weight excluding hydrogens is 218 g/mol. The first-order chi connectivity index (χ1) is 8.29. The minimum absolute atomic E-state index is 0.357. The number of ether oxygens (including phenoxy) is 2. The molecule has 0 aliphatic rings. The third-order valence-corrected chi connectivity index (χ3v) is 2.02. The van der Waals surface area contributed by atoms with Gasteiger partial charge in [-0.1, -0.05) is 12.1 Å². The number of hydrogen-bond acceptors (Lipinski definition) is 5. The fourth-order valence-electron chi connectivity index (χ4n) is 1.31. The molecule has 2 rings (SSSR count). The lowest BCUT2D eigenvalue weighted by molar-refractivity contribution is 0.319. The molecule has 1 aromatic carbocycles. The zero-order valence-corrected chi connectivity index (χ0v) is 9.46. The molecule has 0 atom stereocenters. The van der Waals surface area contributed by atoms with Crippen molar-refractivity contribution >= 4 is 5.82 Å². The smallest absolute Gasteiger partial charge is 0.239 e. The van der Waals surface area contributed by atoms with Gasteiger partial charge in [0.2, 0.25) is 5.88 Å². The van der Waals surface area contributed by atoms with Gasteiger partial charge in [-0.3, -0.25) is 0 Å². The fraction of sp³-hybridized carbons (Fsp3) is 0.167. The molecule has 0 saturated carbocycles. The first-order valence-electron chi connectivity index (χ1n) is 5.28. The van der Waals surface area contributed by atoms with Crippen LogP contribution < -0.4 is 15.2 Å². The highest BCUT2D eigenvalue weighted by Gasteiger charge is 2.05. The number of nitrogens with zero attached hydrogens (tertiary/aromatic N) is 2. The van der Waals surface area contributed by atoms with Gasteiger partial charge >= 0.3 is 0 Å². The van der Waals surface area contributed by atoms with Crippen LogP contribution in [0.2, 0.25) is 0 Å². The van der Waals surface area contributed by atoms with Crippen LogP contribution in [0.15, 0.2) is 36.4 Å². The molecule has 2 aromatic rings. The molecule has 0 saturated heterocycles. The molecule has 0 bridgehead atoms. The van der Waals surface area contributed by atoms with Crippen LogP contribution in [-0.2, 0) is 0 Å². The van der Waals surface area contributed by atoms with Crippen molar-refractivity contribution in [2.24, 2.45) is 0 Å². The average molecular weight is 231 g/mol. The van der Waals surface area contributed by atoms with Gasteiger partial charge in [0.1, 0.15) is 5.82 Å². The molecule has 5 nitrogen and oxygen atoms in total. The second-order valence-electron chi connectivity index (χ2n) is 3.28. The summed E-state index contributed by atoms with van der Waals surface area (Å²) in [5.41, 5.74) is 5.44. The molecule has 0 aliphatic heterocycles. The number of anilines is 1. The number of benzene rings is 1. The van der Waals surface area contributed by atoms with Crippen LogP contribution in [0, 0.1) is 0 Å². The van der Waals surface area contributed by atoms with E-state index in [0.29, 0.717) is 29.8 Å². The van der Waals surface area contributed by atoms with Crippen molar-refractivity contribution in [1.82, 2.24) is 10.2 Å². The zero-order valence-electron chi connectivity index (χ0n) is 9.46. The molecule has 0 amide bonds. The highest BCUT2D eigenvalue weighted by atomic mass is 16.5. The van der Waals surface area contributed by atoms with Crippen LogP contribution in [0.25, 0.3) is 0 Å². The van der Waals surface area contributed by atoms with Gasteiger partial charge in [-0.15, -0.1) is 10.2 Å². The quantitative estimate of drug-likeness (QED) is 0.873. The Kier molecular flexibility index (Phi) is 3.40. The van der Waals surface area contributed by atoms with Crippen molar-refractivity contribution in [1.29, 1.82) is 0 Å². The number of aromatic nitrogens is 2. The molecule has 5 heteroatoms. The molecule has 0 aliphatic carbocycles. The lowest BCUT2D eigenvalue weighted by Crippen LogP contribution is -1.97. The summed E-state index contributed by atoms with van der Waals surface area (Å²) in [7, 11) is 0. The summed E-state index contributed by atoms with van der Waals surface area (Å²) in [4.78, 5) is 0. The minimum Gasteiger partial charge on any atom is -0.490 e. The molecule has 2 N–H and O–H groups in total. The van der Waals surface area contributed by atoms with Gasteiger partial charge in [0.25, 0.3) is 0 Å². The molecule has 0 radical (unpaired) electrons. The minimum atomic E-state index is 0.357. The van der Waals surface area contributed by atoms with E-state index < -0.39 is 0 Å². The first-order valence-corrected chi connectivity index (χ1v) is 5.28. The number of hydrogen-bond donors (Lipinski definition) is 1. The van der Waals surface area contributed by atoms with E-state index in [1.807, 2.05) is 31.2 Å². The van der Waals surface area contributed by atoms with Crippen molar-refractivity contribution in [2.45, 2.75) is 6.92 Å². The molecule has 1 heterocycles. The number of nitrogens with two attached hydrogens (primary N) is 1. The summed E-state index contributed by atoms with van der Waals surface area (Å²) in [5, 5.41) is 7.53. The Bertz CT molecular complexity index is 485. The second-order valence-corrected chi connectivity index (χ2v) is 3.28. The molecule has 0 unspecified atom stereocenters. The normalized spacial score (nSPS) is 9.94. The maximum atomic E-state index is 5.56. The Morgan fingerprint density at radius 2 is 1.82 bits per heavy atom. The zero-order chi connectivity index (χ0) is 12.1. The monoisotopic (exact) mass is 231 g/mol. The van der Waals surface area contributed by atoms with Crippen molar-refractivity contribution in [3.05, 3.63) is 36.4 Å². The molecule has 1 aromatic heterocycles. The number of para-hydroxylation sites is 2. The van der Waals surface area contributed by atoms with E-state index >= 15 is 0 Å². The predicted octanol–water partition coefficient (Wildman–Crippen LogP) is 2.25. The number of rotatable bonds is 4. The van der Waals surface area contributed by atoms with E-state index in [-0.39, 0.29) is 0 Å². The summed E-state index contributed by atoms with van der Waals surface area (Å²) in [5.74, 6) is 2.02. The second kappa shape index (κ2) is 5.16. The SMILES string of the molecule is CCOc1ccccc1Oc1ccc(N)nn1. The van der Waals surface area contributed by atoms with Gasteiger partial charge in [0.05, 0.1) is 6.61 Å². The molecule has 17 heavy (non-hydrogen) atoms. The standard InChI is InChI=1S/C12H13N3O2/c1-2-16-9-5-3-4-6-10(9)17-12-8-7-11(13)14-15-12/h3-8H,2H2,1H3,(H2,13,14). The lowest BCUT2D eigenvalue weighted by atomic mass is 10.3. The molecule has 0 spiro atoms. The Balaban J connectivity index is 2.20. The summed E-state index contributed by atoms with van der Waals surface area (Å²) in [6.45, 7) is 2.49. The predicted molar refractivity (Wildman–Crippen MR) is 64.1 cm³/mol. The summed E-state index contributed by atoms with van der Waals surface area (Å²) >= 11 is 0. The van der Waals surface area contributed by atoms with Crippen LogP contribution in [0.5, 0.6) is 17.4 Å².